The zero-order valence-electron chi connectivity index (χ0n) is 11.5. The summed E-state index contributed by atoms with van der Waals surface area (Å²) in [6.45, 7) is 6.02. The molecular weight excluding hydrogens is 276 g/mol. The minimum absolute atomic E-state index is 0.0475. The van der Waals surface area contributed by atoms with Crippen molar-refractivity contribution in [2.24, 2.45) is 0 Å². The van der Waals surface area contributed by atoms with Gasteiger partial charge in [-0.1, -0.05) is 0 Å². The molecule has 1 fully saturated rings. The van der Waals surface area contributed by atoms with E-state index >= 15 is 0 Å². The number of carboxylic acid groups (broad SMARTS) is 1. The van der Waals surface area contributed by atoms with Gasteiger partial charge in [0.1, 0.15) is 0 Å². The molecule has 0 aliphatic carbocycles. The molecule has 20 heavy (non-hydrogen) atoms. The highest BCUT2D eigenvalue weighted by atomic mass is 32.1. The van der Waals surface area contributed by atoms with E-state index in [9.17, 15) is 9.59 Å². The number of thiophene rings is 1. The lowest BCUT2D eigenvalue weighted by Crippen LogP contribution is -2.61. The van der Waals surface area contributed by atoms with E-state index in [0.29, 0.717) is 13.1 Å². The minimum atomic E-state index is -0.952. The third-order valence-electron chi connectivity index (χ3n) is 3.45. The highest BCUT2D eigenvalue weighted by Crippen LogP contribution is 2.24. The fourth-order valence-electron chi connectivity index (χ4n) is 2.14. The SMILES string of the molecule is CC1(C)C(=O)NCCN1Cc1cc(C=CC(=O)O)cs1. The molecule has 0 saturated carbocycles. The Morgan fingerprint density at radius 2 is 2.35 bits per heavy atom. The topological polar surface area (TPSA) is 69.6 Å². The van der Waals surface area contributed by atoms with Gasteiger partial charge >= 0.3 is 5.97 Å². The molecule has 6 heteroatoms. The molecule has 2 heterocycles. The fraction of sp³-hybridized carbons (Fsp3) is 0.429. The molecule has 108 valence electrons. The van der Waals surface area contributed by atoms with Crippen LogP contribution in [0.2, 0.25) is 0 Å². The Hall–Kier alpha value is -1.66. The summed E-state index contributed by atoms with van der Waals surface area (Å²) in [5.74, 6) is -0.905. The van der Waals surface area contributed by atoms with Crippen molar-refractivity contribution in [3.63, 3.8) is 0 Å². The van der Waals surface area contributed by atoms with Gasteiger partial charge in [0.15, 0.2) is 0 Å². The van der Waals surface area contributed by atoms with Crippen molar-refractivity contribution in [3.8, 4) is 0 Å². The van der Waals surface area contributed by atoms with Gasteiger partial charge in [0, 0.05) is 30.6 Å². The van der Waals surface area contributed by atoms with Crippen molar-refractivity contribution in [2.75, 3.05) is 13.1 Å². The number of nitrogens with one attached hydrogen (secondary N) is 1. The van der Waals surface area contributed by atoms with Crippen molar-refractivity contribution in [1.29, 1.82) is 0 Å². The number of piperazine rings is 1. The number of aliphatic carboxylic acids is 1. The van der Waals surface area contributed by atoms with E-state index in [0.717, 1.165) is 23.1 Å². The molecule has 2 rings (SSSR count). The smallest absolute Gasteiger partial charge is 0.328 e. The molecule has 1 aromatic rings. The summed E-state index contributed by atoms with van der Waals surface area (Å²) in [4.78, 5) is 25.6. The van der Waals surface area contributed by atoms with E-state index in [4.69, 9.17) is 5.11 Å². The summed E-state index contributed by atoms with van der Waals surface area (Å²) in [7, 11) is 0. The number of carboxylic acids is 1. The van der Waals surface area contributed by atoms with E-state index in [1.165, 1.54) is 0 Å². The fourth-order valence-corrected chi connectivity index (χ4v) is 3.01. The Kier molecular flexibility index (Phi) is 4.25. The highest BCUT2D eigenvalue weighted by Gasteiger charge is 2.37. The van der Waals surface area contributed by atoms with Crippen LogP contribution >= 0.6 is 11.3 Å². The molecule has 1 aliphatic heterocycles. The number of rotatable bonds is 4. The van der Waals surface area contributed by atoms with Crippen LogP contribution in [-0.2, 0) is 16.1 Å². The van der Waals surface area contributed by atoms with Gasteiger partial charge in [-0.05, 0) is 36.9 Å². The van der Waals surface area contributed by atoms with Gasteiger partial charge in [-0.3, -0.25) is 9.69 Å². The van der Waals surface area contributed by atoms with Crippen LogP contribution in [0, 0.1) is 0 Å². The van der Waals surface area contributed by atoms with Gasteiger partial charge in [0.25, 0.3) is 0 Å². The molecule has 0 unspecified atom stereocenters. The molecule has 1 saturated heterocycles. The average molecular weight is 294 g/mol. The Labute approximate surface area is 121 Å². The number of amides is 1. The Balaban J connectivity index is 2.06. The third-order valence-corrected chi connectivity index (χ3v) is 4.39. The van der Waals surface area contributed by atoms with Crippen LogP contribution < -0.4 is 5.32 Å². The number of nitrogens with zero attached hydrogens (tertiary/aromatic N) is 1. The van der Waals surface area contributed by atoms with Crippen molar-refractivity contribution >= 4 is 29.3 Å². The summed E-state index contributed by atoms with van der Waals surface area (Å²) in [6, 6.07) is 1.96. The van der Waals surface area contributed by atoms with Gasteiger partial charge in [-0.15, -0.1) is 11.3 Å². The first-order valence-electron chi connectivity index (χ1n) is 6.41. The van der Waals surface area contributed by atoms with Crippen LogP contribution in [0.25, 0.3) is 6.08 Å². The van der Waals surface area contributed by atoms with E-state index in [-0.39, 0.29) is 5.91 Å². The first-order chi connectivity index (χ1) is 9.39. The second kappa shape index (κ2) is 5.76. The van der Waals surface area contributed by atoms with E-state index in [1.807, 2.05) is 25.3 Å². The van der Waals surface area contributed by atoms with Gasteiger partial charge in [0.2, 0.25) is 5.91 Å². The summed E-state index contributed by atoms with van der Waals surface area (Å²) in [6.07, 6.45) is 2.71. The quantitative estimate of drug-likeness (QED) is 0.827. The second-order valence-electron chi connectivity index (χ2n) is 5.25. The Bertz CT molecular complexity index is 548. The lowest BCUT2D eigenvalue weighted by atomic mass is 9.99. The zero-order valence-corrected chi connectivity index (χ0v) is 12.4. The molecule has 1 aromatic heterocycles. The summed E-state index contributed by atoms with van der Waals surface area (Å²) in [5.41, 5.74) is 0.367. The number of hydrogen-bond donors (Lipinski definition) is 2. The Morgan fingerprint density at radius 3 is 3.05 bits per heavy atom. The lowest BCUT2D eigenvalue weighted by Gasteiger charge is -2.40. The summed E-state index contributed by atoms with van der Waals surface area (Å²) < 4.78 is 0. The van der Waals surface area contributed by atoms with Crippen molar-refractivity contribution in [2.45, 2.75) is 25.9 Å². The first-order valence-corrected chi connectivity index (χ1v) is 7.29. The van der Waals surface area contributed by atoms with Crippen LogP contribution in [0.1, 0.15) is 24.3 Å². The van der Waals surface area contributed by atoms with Crippen LogP contribution in [0.15, 0.2) is 17.5 Å². The largest absolute Gasteiger partial charge is 0.478 e. The number of hydrogen-bond acceptors (Lipinski definition) is 4. The number of carbonyl (C=O) groups is 2. The number of carbonyl (C=O) groups excluding carboxylic acids is 1. The maximum absolute atomic E-state index is 11.9. The van der Waals surface area contributed by atoms with E-state index < -0.39 is 11.5 Å². The molecule has 0 atom stereocenters. The predicted octanol–water partition coefficient (Wildman–Crippen LogP) is 1.56. The van der Waals surface area contributed by atoms with E-state index in [1.54, 1.807) is 17.4 Å². The standard InChI is InChI=1S/C14H18N2O3S/c1-14(2)13(19)15-5-6-16(14)8-11-7-10(9-20-11)3-4-12(17)18/h3-4,7,9H,5-6,8H2,1-2H3,(H,15,19)(H,17,18). The van der Waals surface area contributed by atoms with Gasteiger partial charge in [-0.25, -0.2) is 4.79 Å². The molecule has 0 aromatic carbocycles. The van der Waals surface area contributed by atoms with Crippen LogP contribution in [0.5, 0.6) is 0 Å². The molecule has 0 radical (unpaired) electrons. The monoisotopic (exact) mass is 294 g/mol. The molecule has 0 bridgehead atoms. The maximum atomic E-state index is 11.9. The normalized spacial score (nSPS) is 19.2. The molecule has 1 amide bonds. The van der Waals surface area contributed by atoms with Gasteiger partial charge < -0.3 is 10.4 Å². The lowest BCUT2D eigenvalue weighted by molar-refractivity contribution is -0.135. The first kappa shape index (κ1) is 14.7. The van der Waals surface area contributed by atoms with Gasteiger partial charge in [-0.2, -0.15) is 0 Å². The van der Waals surface area contributed by atoms with Crippen LogP contribution in [0.4, 0.5) is 0 Å². The van der Waals surface area contributed by atoms with Crippen molar-refractivity contribution in [1.82, 2.24) is 10.2 Å². The van der Waals surface area contributed by atoms with E-state index in [2.05, 4.69) is 10.2 Å². The maximum Gasteiger partial charge on any atom is 0.328 e. The molecular formula is C14H18N2O3S. The van der Waals surface area contributed by atoms with Gasteiger partial charge in [0.05, 0.1) is 5.54 Å². The second-order valence-corrected chi connectivity index (χ2v) is 6.25. The van der Waals surface area contributed by atoms with Crippen molar-refractivity contribution < 1.29 is 14.7 Å². The average Bonchev–Trinajstić information content (AvgIpc) is 2.81. The molecule has 1 aliphatic rings. The zero-order chi connectivity index (χ0) is 14.8. The minimum Gasteiger partial charge on any atom is -0.478 e. The van der Waals surface area contributed by atoms with Crippen LogP contribution in [-0.4, -0.2) is 40.5 Å². The summed E-state index contributed by atoms with van der Waals surface area (Å²) in [5, 5.41) is 13.4. The Morgan fingerprint density at radius 1 is 1.60 bits per heavy atom. The van der Waals surface area contributed by atoms with Crippen molar-refractivity contribution in [3.05, 3.63) is 28.0 Å². The predicted molar refractivity (Wildman–Crippen MR) is 78.5 cm³/mol. The molecule has 5 nitrogen and oxygen atoms in total. The summed E-state index contributed by atoms with van der Waals surface area (Å²) >= 11 is 1.58. The highest BCUT2D eigenvalue weighted by molar-refractivity contribution is 7.10. The molecule has 0 spiro atoms. The third kappa shape index (κ3) is 3.26. The molecule has 2 N–H and O–H groups in total. The van der Waals surface area contributed by atoms with Crippen LogP contribution in [0.3, 0.4) is 0 Å².